The lowest BCUT2D eigenvalue weighted by Gasteiger charge is -2.11. The maximum Gasteiger partial charge on any atom is 0.115 e. The molecule has 0 saturated heterocycles. The smallest absolute Gasteiger partial charge is 0.115 e. The molecule has 0 saturated carbocycles. The number of aryl methyl sites for hydroxylation is 1. The van der Waals surface area contributed by atoms with Gasteiger partial charge in [-0.1, -0.05) is 29.3 Å². The average molecular weight is 282 g/mol. The number of anilines is 1. The number of benzene rings is 2. The monoisotopic (exact) mass is 281 g/mol. The van der Waals surface area contributed by atoms with Crippen LogP contribution < -0.4 is 5.32 Å². The van der Waals surface area contributed by atoms with Crippen molar-refractivity contribution in [2.24, 2.45) is 0 Å². The summed E-state index contributed by atoms with van der Waals surface area (Å²) in [6.07, 6.45) is 0. The van der Waals surface area contributed by atoms with Crippen LogP contribution >= 0.6 is 23.2 Å². The van der Waals surface area contributed by atoms with E-state index in [1.54, 1.807) is 18.2 Å². The number of phenolic OH excluding ortho intramolecular Hbond substituents is 1. The van der Waals surface area contributed by atoms with Gasteiger partial charge in [0.05, 0.1) is 0 Å². The zero-order valence-electron chi connectivity index (χ0n) is 9.87. The average Bonchev–Trinajstić information content (AvgIpc) is 2.30. The van der Waals surface area contributed by atoms with Crippen LogP contribution in [-0.2, 0) is 6.54 Å². The molecule has 2 aromatic rings. The summed E-state index contributed by atoms with van der Waals surface area (Å²) in [5.41, 5.74) is 2.94. The number of hydrogen-bond acceptors (Lipinski definition) is 2. The second-order valence-electron chi connectivity index (χ2n) is 4.09. The molecule has 0 spiro atoms. The van der Waals surface area contributed by atoms with E-state index in [0.717, 1.165) is 16.8 Å². The van der Waals surface area contributed by atoms with Crippen LogP contribution in [0.4, 0.5) is 5.69 Å². The molecule has 18 heavy (non-hydrogen) atoms. The third-order valence-electron chi connectivity index (χ3n) is 2.69. The molecule has 0 unspecified atom stereocenters. The number of aromatic hydroxyl groups is 1. The topological polar surface area (TPSA) is 32.3 Å². The summed E-state index contributed by atoms with van der Waals surface area (Å²) in [5.74, 6) is 0.266. The third kappa shape index (κ3) is 3.09. The predicted octanol–water partition coefficient (Wildman–Crippen LogP) is 4.62. The molecule has 2 nitrogen and oxygen atoms in total. The van der Waals surface area contributed by atoms with Crippen LogP contribution in [0.25, 0.3) is 0 Å². The van der Waals surface area contributed by atoms with Crippen LogP contribution in [0.3, 0.4) is 0 Å². The summed E-state index contributed by atoms with van der Waals surface area (Å²) >= 11 is 11.9. The molecule has 2 aromatic carbocycles. The highest BCUT2D eigenvalue weighted by molar-refractivity contribution is 6.35. The van der Waals surface area contributed by atoms with Gasteiger partial charge in [-0.15, -0.1) is 0 Å². The maximum absolute atomic E-state index is 9.33. The van der Waals surface area contributed by atoms with Crippen molar-refractivity contribution in [2.75, 3.05) is 5.32 Å². The van der Waals surface area contributed by atoms with Crippen LogP contribution in [-0.4, -0.2) is 5.11 Å². The van der Waals surface area contributed by atoms with Gasteiger partial charge in [-0.25, -0.2) is 0 Å². The van der Waals surface area contributed by atoms with Crippen molar-refractivity contribution >= 4 is 28.9 Å². The fourth-order valence-electron chi connectivity index (χ4n) is 1.70. The van der Waals surface area contributed by atoms with Gasteiger partial charge in [0, 0.05) is 22.3 Å². The van der Waals surface area contributed by atoms with Crippen LogP contribution in [0.1, 0.15) is 11.1 Å². The Morgan fingerprint density at radius 1 is 1.11 bits per heavy atom. The first-order valence-electron chi connectivity index (χ1n) is 5.53. The second kappa shape index (κ2) is 5.51. The van der Waals surface area contributed by atoms with Gasteiger partial charge >= 0.3 is 0 Å². The zero-order valence-corrected chi connectivity index (χ0v) is 11.4. The molecule has 0 bridgehead atoms. The molecule has 0 aromatic heterocycles. The van der Waals surface area contributed by atoms with E-state index in [2.05, 4.69) is 5.32 Å². The molecular formula is C14H13Cl2NO. The first-order chi connectivity index (χ1) is 8.56. The van der Waals surface area contributed by atoms with Crippen LogP contribution in [0, 0.1) is 6.92 Å². The molecule has 0 amide bonds. The van der Waals surface area contributed by atoms with Gasteiger partial charge in [0.25, 0.3) is 0 Å². The Kier molecular flexibility index (Phi) is 4.00. The molecule has 0 aliphatic carbocycles. The number of nitrogens with one attached hydrogen (secondary N) is 1. The van der Waals surface area contributed by atoms with Crippen molar-refractivity contribution in [3.63, 3.8) is 0 Å². The Labute approximate surface area is 116 Å². The highest BCUT2D eigenvalue weighted by Crippen LogP contribution is 2.24. The van der Waals surface area contributed by atoms with Crippen molar-refractivity contribution < 1.29 is 5.11 Å². The van der Waals surface area contributed by atoms with Crippen molar-refractivity contribution in [3.8, 4) is 5.75 Å². The molecule has 0 heterocycles. The summed E-state index contributed by atoms with van der Waals surface area (Å²) in [6, 6.07) is 10.6. The van der Waals surface area contributed by atoms with Gasteiger partial charge in [-0.05, 0) is 48.4 Å². The highest BCUT2D eigenvalue weighted by atomic mass is 35.5. The minimum absolute atomic E-state index is 0.266. The predicted molar refractivity (Wildman–Crippen MR) is 76.6 cm³/mol. The lowest BCUT2D eigenvalue weighted by molar-refractivity contribution is 0.475. The van der Waals surface area contributed by atoms with E-state index in [9.17, 15) is 5.11 Å². The fraction of sp³-hybridized carbons (Fsp3) is 0.143. The van der Waals surface area contributed by atoms with Gasteiger partial charge in [0.1, 0.15) is 5.75 Å². The van der Waals surface area contributed by atoms with Crippen molar-refractivity contribution in [3.05, 3.63) is 57.6 Å². The van der Waals surface area contributed by atoms with E-state index in [1.165, 1.54) is 0 Å². The minimum Gasteiger partial charge on any atom is -0.508 e. The lowest BCUT2D eigenvalue weighted by Crippen LogP contribution is -2.01. The molecule has 0 aliphatic heterocycles. The number of hydrogen-bond donors (Lipinski definition) is 2. The first kappa shape index (κ1) is 13.1. The summed E-state index contributed by atoms with van der Waals surface area (Å²) in [7, 11) is 0. The van der Waals surface area contributed by atoms with E-state index in [1.807, 2.05) is 25.1 Å². The summed E-state index contributed by atoms with van der Waals surface area (Å²) < 4.78 is 0. The Bertz CT molecular complexity index is 518. The van der Waals surface area contributed by atoms with Crippen LogP contribution in [0.5, 0.6) is 5.75 Å². The first-order valence-corrected chi connectivity index (χ1v) is 6.29. The molecule has 2 N–H and O–H groups in total. The summed E-state index contributed by atoms with van der Waals surface area (Å²) in [4.78, 5) is 0. The number of rotatable bonds is 3. The molecule has 0 radical (unpaired) electrons. The third-order valence-corrected chi connectivity index (χ3v) is 3.28. The Hall–Kier alpha value is -1.38. The normalized spacial score (nSPS) is 10.4. The van der Waals surface area contributed by atoms with E-state index in [0.29, 0.717) is 16.6 Å². The SMILES string of the molecule is Cc1cc(O)ccc1NCc1ccc(Cl)cc1Cl. The minimum atomic E-state index is 0.266. The summed E-state index contributed by atoms with van der Waals surface area (Å²) in [6.45, 7) is 2.55. The number of phenols is 1. The van der Waals surface area contributed by atoms with E-state index in [-0.39, 0.29) is 5.75 Å². The Morgan fingerprint density at radius 3 is 2.56 bits per heavy atom. The Balaban J connectivity index is 2.11. The molecule has 0 atom stereocenters. The quantitative estimate of drug-likeness (QED) is 0.805. The van der Waals surface area contributed by atoms with Crippen LogP contribution in [0.15, 0.2) is 36.4 Å². The van der Waals surface area contributed by atoms with E-state index in [4.69, 9.17) is 23.2 Å². The maximum atomic E-state index is 9.33. The van der Waals surface area contributed by atoms with E-state index >= 15 is 0 Å². The lowest BCUT2D eigenvalue weighted by atomic mass is 10.1. The van der Waals surface area contributed by atoms with Crippen molar-refractivity contribution in [2.45, 2.75) is 13.5 Å². The van der Waals surface area contributed by atoms with Gasteiger partial charge in [0.2, 0.25) is 0 Å². The largest absolute Gasteiger partial charge is 0.508 e. The van der Waals surface area contributed by atoms with Gasteiger partial charge in [-0.3, -0.25) is 0 Å². The van der Waals surface area contributed by atoms with Gasteiger partial charge in [0.15, 0.2) is 0 Å². The van der Waals surface area contributed by atoms with Crippen LogP contribution in [0.2, 0.25) is 10.0 Å². The zero-order chi connectivity index (χ0) is 13.1. The van der Waals surface area contributed by atoms with Crippen molar-refractivity contribution in [1.82, 2.24) is 0 Å². The Morgan fingerprint density at radius 2 is 1.89 bits per heavy atom. The van der Waals surface area contributed by atoms with Gasteiger partial charge < -0.3 is 10.4 Å². The molecule has 2 rings (SSSR count). The number of halogens is 2. The summed E-state index contributed by atoms with van der Waals surface area (Å²) in [5, 5.41) is 13.9. The van der Waals surface area contributed by atoms with Crippen molar-refractivity contribution in [1.29, 1.82) is 0 Å². The second-order valence-corrected chi connectivity index (χ2v) is 4.93. The molecule has 0 aliphatic rings. The standard InChI is InChI=1S/C14H13Cl2NO/c1-9-6-12(18)4-5-14(9)17-8-10-2-3-11(15)7-13(10)16/h2-7,17-18H,8H2,1H3. The van der Waals surface area contributed by atoms with Gasteiger partial charge in [-0.2, -0.15) is 0 Å². The fourth-order valence-corrected chi connectivity index (χ4v) is 2.18. The molecule has 4 heteroatoms. The molecule has 94 valence electrons. The highest BCUT2D eigenvalue weighted by Gasteiger charge is 2.03. The van der Waals surface area contributed by atoms with E-state index < -0.39 is 0 Å². The molecule has 0 fully saturated rings. The molecular weight excluding hydrogens is 269 g/mol.